The van der Waals surface area contributed by atoms with Crippen LogP contribution in [0.1, 0.15) is 44.0 Å². The Kier molecular flexibility index (Phi) is 7.02. The highest BCUT2D eigenvalue weighted by Gasteiger charge is 2.24. The van der Waals surface area contributed by atoms with E-state index >= 15 is 0 Å². The van der Waals surface area contributed by atoms with Crippen molar-refractivity contribution in [3.8, 4) is 0 Å². The summed E-state index contributed by atoms with van der Waals surface area (Å²) in [6.07, 6.45) is 2.47. The number of aromatic nitrogens is 2. The highest BCUT2D eigenvalue weighted by Crippen LogP contribution is 2.22. The Morgan fingerprint density at radius 2 is 1.93 bits per heavy atom. The largest absolute Gasteiger partial charge is 0.342 e. The first-order chi connectivity index (χ1) is 13.5. The van der Waals surface area contributed by atoms with E-state index in [-0.39, 0.29) is 17.4 Å². The van der Waals surface area contributed by atoms with Crippen molar-refractivity contribution in [1.82, 2.24) is 14.5 Å². The number of nitrogens with zero attached hydrogens (tertiary/aromatic N) is 2. The van der Waals surface area contributed by atoms with Crippen molar-refractivity contribution in [1.29, 1.82) is 0 Å². The second-order valence-electron chi connectivity index (χ2n) is 7.23. The van der Waals surface area contributed by atoms with Crippen LogP contribution in [0, 0.1) is 6.92 Å². The van der Waals surface area contributed by atoms with Crippen molar-refractivity contribution < 1.29 is 0 Å². The molecule has 1 unspecified atom stereocenters. The Morgan fingerprint density at radius 1 is 1.18 bits per heavy atom. The lowest BCUT2D eigenvalue weighted by atomic mass is 10.1. The molecule has 1 atom stereocenters. The summed E-state index contributed by atoms with van der Waals surface area (Å²) in [5.74, 6) is 2.51. The van der Waals surface area contributed by atoms with E-state index in [1.54, 1.807) is 0 Å². The number of nitrogens with one attached hydrogen (secondary N) is 2. The van der Waals surface area contributed by atoms with Gasteiger partial charge in [-0.3, -0.25) is 14.7 Å². The van der Waals surface area contributed by atoms with Crippen LogP contribution in [0.15, 0.2) is 33.9 Å². The maximum absolute atomic E-state index is 12.9. The summed E-state index contributed by atoms with van der Waals surface area (Å²) in [6.45, 7) is 8.10. The molecule has 0 bridgehead atoms. The van der Waals surface area contributed by atoms with Gasteiger partial charge in [0.2, 0.25) is 0 Å². The molecule has 3 rings (SSSR count). The Bertz CT molecular complexity index is 884. The van der Waals surface area contributed by atoms with Gasteiger partial charge in [0.1, 0.15) is 5.82 Å². The van der Waals surface area contributed by atoms with Gasteiger partial charge < -0.3 is 5.32 Å². The van der Waals surface area contributed by atoms with Crippen LogP contribution >= 0.6 is 11.8 Å². The summed E-state index contributed by atoms with van der Waals surface area (Å²) in [4.78, 5) is 30.8. The van der Waals surface area contributed by atoms with Gasteiger partial charge in [0.05, 0.1) is 6.17 Å². The summed E-state index contributed by atoms with van der Waals surface area (Å²) in [5.41, 5.74) is 2.74. The van der Waals surface area contributed by atoms with Gasteiger partial charge in [0.15, 0.2) is 0 Å². The number of benzene rings is 1. The zero-order chi connectivity index (χ0) is 20.1. The molecule has 0 amide bonds. The fraction of sp³-hybridized carbons (Fsp3) is 0.524. The van der Waals surface area contributed by atoms with Crippen LogP contribution in [-0.4, -0.2) is 39.0 Å². The van der Waals surface area contributed by atoms with Crippen molar-refractivity contribution in [2.45, 2.75) is 46.2 Å². The Labute approximate surface area is 170 Å². The van der Waals surface area contributed by atoms with Gasteiger partial charge in [-0.1, -0.05) is 26.3 Å². The maximum atomic E-state index is 12.9. The predicted octanol–water partition coefficient (Wildman–Crippen LogP) is 3.50. The molecule has 0 radical (unpaired) electrons. The van der Waals surface area contributed by atoms with Crippen molar-refractivity contribution in [2.75, 3.05) is 29.9 Å². The first-order valence-corrected chi connectivity index (χ1v) is 11.2. The van der Waals surface area contributed by atoms with Crippen molar-refractivity contribution >= 4 is 23.3 Å². The normalized spacial score (nSPS) is 16.1. The van der Waals surface area contributed by atoms with Crippen LogP contribution < -0.4 is 16.6 Å². The fourth-order valence-electron chi connectivity index (χ4n) is 3.75. The summed E-state index contributed by atoms with van der Waals surface area (Å²) >= 11 is 1.92. The van der Waals surface area contributed by atoms with Crippen molar-refractivity contribution in [3.05, 3.63) is 56.2 Å². The number of anilines is 2. The standard InChI is InChI=1S/C21H30N4O2S/c1-4-6-19(24-9-11-28-12-10-24)25-20(26)14-18(23-21(25)27)22-17-8-7-15(3)16(5-2)13-17/h7-8,13-14,19,22H,4-6,9-12H2,1-3H3,(H,23,27). The van der Waals surface area contributed by atoms with E-state index in [0.717, 1.165) is 49.5 Å². The SMILES string of the molecule is CCCC(N1CCSCC1)n1c(=O)cc(Nc2ccc(C)c(CC)c2)[nH]c1=O. The summed E-state index contributed by atoms with van der Waals surface area (Å²) in [7, 11) is 0. The van der Waals surface area contributed by atoms with Gasteiger partial charge in [-0.2, -0.15) is 11.8 Å². The van der Waals surface area contributed by atoms with E-state index in [4.69, 9.17) is 0 Å². The average molecular weight is 403 g/mol. The van der Waals surface area contributed by atoms with E-state index in [2.05, 4.69) is 42.0 Å². The molecule has 152 valence electrons. The molecule has 1 aliphatic rings. The van der Waals surface area contributed by atoms with Crippen LogP contribution in [0.2, 0.25) is 0 Å². The minimum Gasteiger partial charge on any atom is -0.342 e. The Balaban J connectivity index is 1.89. The molecule has 0 aliphatic carbocycles. The predicted molar refractivity (Wildman–Crippen MR) is 118 cm³/mol. The van der Waals surface area contributed by atoms with Gasteiger partial charge in [0.25, 0.3) is 5.56 Å². The van der Waals surface area contributed by atoms with Crippen LogP contribution in [0.25, 0.3) is 0 Å². The molecule has 6 nitrogen and oxygen atoms in total. The third kappa shape index (κ3) is 4.70. The zero-order valence-electron chi connectivity index (χ0n) is 17.0. The first-order valence-electron chi connectivity index (χ1n) is 10.1. The van der Waals surface area contributed by atoms with Gasteiger partial charge >= 0.3 is 5.69 Å². The number of rotatable bonds is 7. The fourth-order valence-corrected chi connectivity index (χ4v) is 4.68. The molecule has 0 saturated carbocycles. The maximum Gasteiger partial charge on any atom is 0.331 e. The molecule has 7 heteroatoms. The molecule has 2 heterocycles. The topological polar surface area (TPSA) is 70.1 Å². The molecule has 2 aromatic rings. The zero-order valence-corrected chi connectivity index (χ0v) is 17.8. The summed E-state index contributed by atoms with van der Waals surface area (Å²) in [6, 6.07) is 7.56. The smallest absolute Gasteiger partial charge is 0.331 e. The molecule has 1 aliphatic heterocycles. The molecule has 1 fully saturated rings. The number of aryl methyl sites for hydroxylation is 2. The number of aromatic amines is 1. The molecular formula is C21H30N4O2S. The second-order valence-corrected chi connectivity index (χ2v) is 8.46. The van der Waals surface area contributed by atoms with Crippen molar-refractivity contribution in [2.24, 2.45) is 0 Å². The molecule has 2 N–H and O–H groups in total. The van der Waals surface area contributed by atoms with E-state index in [1.165, 1.54) is 21.8 Å². The van der Waals surface area contributed by atoms with E-state index in [1.807, 2.05) is 23.9 Å². The lowest BCUT2D eigenvalue weighted by Crippen LogP contribution is -2.47. The van der Waals surface area contributed by atoms with Gasteiger partial charge in [-0.25, -0.2) is 9.36 Å². The van der Waals surface area contributed by atoms with Crippen molar-refractivity contribution in [3.63, 3.8) is 0 Å². The Morgan fingerprint density at radius 3 is 2.57 bits per heavy atom. The molecule has 1 saturated heterocycles. The third-order valence-corrected chi connectivity index (χ3v) is 6.23. The summed E-state index contributed by atoms with van der Waals surface area (Å²) < 4.78 is 1.39. The highest BCUT2D eigenvalue weighted by atomic mass is 32.2. The molecule has 28 heavy (non-hydrogen) atoms. The van der Waals surface area contributed by atoms with Gasteiger partial charge in [0, 0.05) is 36.3 Å². The lowest BCUT2D eigenvalue weighted by molar-refractivity contribution is 0.135. The lowest BCUT2D eigenvalue weighted by Gasteiger charge is -2.34. The minimum atomic E-state index is -0.352. The van der Waals surface area contributed by atoms with Gasteiger partial charge in [-0.05, 0) is 43.0 Å². The van der Waals surface area contributed by atoms with Gasteiger partial charge in [-0.15, -0.1) is 0 Å². The summed E-state index contributed by atoms with van der Waals surface area (Å²) in [5, 5.41) is 3.18. The van der Waals surface area contributed by atoms with Crippen LogP contribution in [-0.2, 0) is 6.42 Å². The third-order valence-electron chi connectivity index (χ3n) is 5.29. The Hall–Kier alpha value is -1.99. The quantitative estimate of drug-likeness (QED) is 0.742. The first kappa shape index (κ1) is 20.7. The second kappa shape index (κ2) is 9.47. The molecule has 0 spiro atoms. The number of H-pyrrole nitrogens is 1. The van der Waals surface area contributed by atoms with Crippen LogP contribution in [0.3, 0.4) is 0 Å². The molecule has 1 aromatic heterocycles. The number of thioether (sulfide) groups is 1. The van der Waals surface area contributed by atoms with E-state index < -0.39 is 0 Å². The highest BCUT2D eigenvalue weighted by molar-refractivity contribution is 7.99. The van der Waals surface area contributed by atoms with Crippen LogP contribution in [0.4, 0.5) is 11.5 Å². The average Bonchev–Trinajstić information content (AvgIpc) is 2.69. The minimum absolute atomic E-state index is 0.178. The van der Waals surface area contributed by atoms with Crippen LogP contribution in [0.5, 0.6) is 0 Å². The number of hydrogen-bond acceptors (Lipinski definition) is 5. The van der Waals surface area contributed by atoms with E-state index in [0.29, 0.717) is 5.82 Å². The number of hydrogen-bond donors (Lipinski definition) is 2. The monoisotopic (exact) mass is 402 g/mol. The molecule has 1 aromatic carbocycles. The van der Waals surface area contributed by atoms with E-state index in [9.17, 15) is 9.59 Å². The molecular weight excluding hydrogens is 372 g/mol.